The van der Waals surface area contributed by atoms with Crippen LogP contribution in [0.4, 0.5) is 0 Å². The Morgan fingerprint density at radius 2 is 1.94 bits per heavy atom. The average molecular weight is 224 g/mol. The molecule has 0 spiro atoms. The van der Waals surface area contributed by atoms with Crippen LogP contribution in [0.1, 0.15) is 58.3 Å². The number of piperidine rings is 1. The Kier molecular flexibility index (Phi) is 5.11. The van der Waals surface area contributed by atoms with E-state index in [9.17, 15) is 0 Å². The van der Waals surface area contributed by atoms with Gasteiger partial charge in [-0.1, -0.05) is 12.8 Å². The van der Waals surface area contributed by atoms with Crippen molar-refractivity contribution in [2.45, 2.75) is 70.4 Å². The van der Waals surface area contributed by atoms with Gasteiger partial charge in [-0.2, -0.15) is 0 Å². The highest BCUT2D eigenvalue weighted by Gasteiger charge is 2.18. The molecule has 1 atom stereocenters. The summed E-state index contributed by atoms with van der Waals surface area (Å²) in [6.07, 6.45) is 11.3. The SMILES string of the molecule is CC1CCCCN1CCCCNC1CCC1. The van der Waals surface area contributed by atoms with Crippen LogP contribution in [0.25, 0.3) is 0 Å². The molecule has 0 radical (unpaired) electrons. The van der Waals surface area contributed by atoms with Gasteiger partial charge in [0.25, 0.3) is 0 Å². The lowest BCUT2D eigenvalue weighted by Crippen LogP contribution is -2.39. The lowest BCUT2D eigenvalue weighted by molar-refractivity contribution is 0.157. The van der Waals surface area contributed by atoms with Gasteiger partial charge < -0.3 is 10.2 Å². The zero-order valence-corrected chi connectivity index (χ0v) is 10.9. The number of nitrogens with one attached hydrogen (secondary N) is 1. The second kappa shape index (κ2) is 6.61. The fourth-order valence-corrected chi connectivity index (χ4v) is 2.85. The molecule has 2 aliphatic rings. The van der Waals surface area contributed by atoms with Crippen LogP contribution in [-0.2, 0) is 0 Å². The Bertz CT molecular complexity index is 189. The van der Waals surface area contributed by atoms with E-state index in [1.54, 1.807) is 0 Å². The molecular formula is C14H28N2. The summed E-state index contributed by atoms with van der Waals surface area (Å²) in [5.41, 5.74) is 0. The van der Waals surface area contributed by atoms with E-state index >= 15 is 0 Å². The van der Waals surface area contributed by atoms with E-state index in [4.69, 9.17) is 0 Å². The predicted molar refractivity (Wildman–Crippen MR) is 69.8 cm³/mol. The Balaban J connectivity index is 1.46. The first-order chi connectivity index (χ1) is 7.86. The molecule has 94 valence electrons. The summed E-state index contributed by atoms with van der Waals surface area (Å²) in [6.45, 7) is 6.31. The molecule has 1 aliphatic heterocycles. The molecular weight excluding hydrogens is 196 g/mol. The molecule has 1 unspecified atom stereocenters. The molecule has 0 amide bonds. The van der Waals surface area contributed by atoms with E-state index in [0.717, 1.165) is 12.1 Å². The third-order valence-corrected chi connectivity index (χ3v) is 4.35. The van der Waals surface area contributed by atoms with Crippen molar-refractivity contribution >= 4 is 0 Å². The van der Waals surface area contributed by atoms with Gasteiger partial charge in [-0.05, 0) is 65.1 Å². The van der Waals surface area contributed by atoms with Gasteiger partial charge in [-0.3, -0.25) is 0 Å². The molecule has 1 saturated carbocycles. The van der Waals surface area contributed by atoms with Crippen LogP contribution in [0.3, 0.4) is 0 Å². The van der Waals surface area contributed by atoms with Gasteiger partial charge in [-0.25, -0.2) is 0 Å². The summed E-state index contributed by atoms with van der Waals surface area (Å²) in [6, 6.07) is 1.71. The molecule has 0 aromatic carbocycles. The van der Waals surface area contributed by atoms with Gasteiger partial charge in [0.05, 0.1) is 0 Å². The molecule has 0 bridgehead atoms. The molecule has 1 heterocycles. The maximum absolute atomic E-state index is 3.65. The van der Waals surface area contributed by atoms with E-state index in [0.29, 0.717) is 0 Å². The summed E-state index contributed by atoms with van der Waals surface area (Å²) >= 11 is 0. The van der Waals surface area contributed by atoms with Crippen molar-refractivity contribution in [3.8, 4) is 0 Å². The molecule has 2 nitrogen and oxygen atoms in total. The summed E-state index contributed by atoms with van der Waals surface area (Å²) in [7, 11) is 0. The zero-order chi connectivity index (χ0) is 11.2. The van der Waals surface area contributed by atoms with E-state index < -0.39 is 0 Å². The van der Waals surface area contributed by atoms with Gasteiger partial charge in [0.2, 0.25) is 0 Å². The first kappa shape index (κ1) is 12.4. The molecule has 1 saturated heterocycles. The highest BCUT2D eigenvalue weighted by Crippen LogP contribution is 2.18. The average Bonchev–Trinajstić information content (AvgIpc) is 2.23. The van der Waals surface area contributed by atoms with Gasteiger partial charge in [0.15, 0.2) is 0 Å². The lowest BCUT2D eigenvalue weighted by Gasteiger charge is -2.33. The van der Waals surface area contributed by atoms with Crippen LogP contribution in [0, 0.1) is 0 Å². The largest absolute Gasteiger partial charge is 0.314 e. The second-order valence-corrected chi connectivity index (χ2v) is 5.67. The van der Waals surface area contributed by atoms with Gasteiger partial charge >= 0.3 is 0 Å². The minimum absolute atomic E-state index is 0.841. The molecule has 2 heteroatoms. The highest BCUT2D eigenvalue weighted by molar-refractivity contribution is 4.76. The van der Waals surface area contributed by atoms with Crippen LogP contribution in [0.5, 0.6) is 0 Å². The number of rotatable bonds is 6. The highest BCUT2D eigenvalue weighted by atomic mass is 15.2. The second-order valence-electron chi connectivity index (χ2n) is 5.67. The van der Waals surface area contributed by atoms with Crippen molar-refractivity contribution in [2.24, 2.45) is 0 Å². The van der Waals surface area contributed by atoms with E-state index in [1.807, 2.05) is 0 Å². The van der Waals surface area contributed by atoms with Crippen molar-refractivity contribution in [2.75, 3.05) is 19.6 Å². The molecule has 16 heavy (non-hydrogen) atoms. The first-order valence-corrected chi connectivity index (χ1v) is 7.33. The quantitative estimate of drug-likeness (QED) is 0.698. The van der Waals surface area contributed by atoms with Crippen molar-refractivity contribution in [1.29, 1.82) is 0 Å². The summed E-state index contributed by atoms with van der Waals surface area (Å²) in [5.74, 6) is 0. The van der Waals surface area contributed by atoms with Crippen LogP contribution in [-0.4, -0.2) is 36.6 Å². The molecule has 0 aromatic rings. The molecule has 1 N–H and O–H groups in total. The number of hydrogen-bond donors (Lipinski definition) is 1. The third kappa shape index (κ3) is 3.74. The molecule has 2 rings (SSSR count). The fourth-order valence-electron chi connectivity index (χ4n) is 2.85. The van der Waals surface area contributed by atoms with E-state index in [1.165, 1.54) is 71.0 Å². The maximum atomic E-state index is 3.65. The lowest BCUT2D eigenvalue weighted by atomic mass is 9.93. The van der Waals surface area contributed by atoms with E-state index in [-0.39, 0.29) is 0 Å². The minimum Gasteiger partial charge on any atom is -0.314 e. The molecule has 0 aromatic heterocycles. The predicted octanol–water partition coefficient (Wildman–Crippen LogP) is 2.78. The van der Waals surface area contributed by atoms with Crippen LogP contribution in [0.15, 0.2) is 0 Å². The Morgan fingerprint density at radius 3 is 2.62 bits per heavy atom. The van der Waals surface area contributed by atoms with Crippen LogP contribution in [0.2, 0.25) is 0 Å². The van der Waals surface area contributed by atoms with Gasteiger partial charge in [-0.15, -0.1) is 0 Å². The van der Waals surface area contributed by atoms with Crippen molar-refractivity contribution in [3.63, 3.8) is 0 Å². The molecule has 2 fully saturated rings. The monoisotopic (exact) mass is 224 g/mol. The minimum atomic E-state index is 0.841. The first-order valence-electron chi connectivity index (χ1n) is 7.33. The van der Waals surface area contributed by atoms with Crippen molar-refractivity contribution in [1.82, 2.24) is 10.2 Å². The number of nitrogens with zero attached hydrogens (tertiary/aromatic N) is 1. The number of unbranched alkanes of at least 4 members (excludes halogenated alkanes) is 1. The zero-order valence-electron chi connectivity index (χ0n) is 10.9. The molecule has 1 aliphatic carbocycles. The smallest absolute Gasteiger partial charge is 0.00670 e. The Hall–Kier alpha value is -0.0800. The standard InChI is InChI=1S/C14H28N2/c1-13-7-2-4-11-16(13)12-5-3-10-15-14-8-6-9-14/h13-15H,2-12H2,1H3. The number of likely N-dealkylation sites (tertiary alicyclic amines) is 1. The summed E-state index contributed by atoms with van der Waals surface area (Å²) in [4.78, 5) is 2.69. The van der Waals surface area contributed by atoms with Gasteiger partial charge in [0.1, 0.15) is 0 Å². The fraction of sp³-hybridized carbons (Fsp3) is 1.00. The number of hydrogen-bond acceptors (Lipinski definition) is 2. The van der Waals surface area contributed by atoms with Crippen molar-refractivity contribution < 1.29 is 0 Å². The normalized spacial score (nSPS) is 27.9. The Morgan fingerprint density at radius 1 is 1.06 bits per heavy atom. The third-order valence-electron chi connectivity index (χ3n) is 4.35. The van der Waals surface area contributed by atoms with Crippen molar-refractivity contribution in [3.05, 3.63) is 0 Å². The summed E-state index contributed by atoms with van der Waals surface area (Å²) < 4.78 is 0. The van der Waals surface area contributed by atoms with Crippen LogP contribution < -0.4 is 5.32 Å². The van der Waals surface area contributed by atoms with Crippen LogP contribution >= 0.6 is 0 Å². The van der Waals surface area contributed by atoms with Gasteiger partial charge in [0, 0.05) is 12.1 Å². The summed E-state index contributed by atoms with van der Waals surface area (Å²) in [5, 5.41) is 3.65. The Labute approximate surface area is 101 Å². The maximum Gasteiger partial charge on any atom is 0.00670 e. The topological polar surface area (TPSA) is 15.3 Å². The van der Waals surface area contributed by atoms with E-state index in [2.05, 4.69) is 17.1 Å².